The zero-order valence-electron chi connectivity index (χ0n) is 9.63. The number of aromatic nitrogens is 1. The quantitative estimate of drug-likeness (QED) is 0.927. The van der Waals surface area contributed by atoms with Crippen LogP contribution < -0.4 is 4.74 Å². The Kier molecular flexibility index (Phi) is 3.71. The molecule has 2 aromatic rings. The van der Waals surface area contributed by atoms with Gasteiger partial charge in [0.2, 0.25) is 5.88 Å². The van der Waals surface area contributed by atoms with Crippen LogP contribution in [-0.2, 0) is 0 Å². The van der Waals surface area contributed by atoms with Gasteiger partial charge in [0.15, 0.2) is 6.10 Å². The van der Waals surface area contributed by atoms with Crippen LogP contribution in [0.2, 0.25) is 0 Å². The maximum atomic E-state index is 12.4. The van der Waals surface area contributed by atoms with Crippen LogP contribution in [0.15, 0.2) is 48.5 Å². The van der Waals surface area contributed by atoms with Crippen LogP contribution in [0, 0.1) is 0 Å². The fourth-order valence-corrected chi connectivity index (χ4v) is 1.42. The van der Waals surface area contributed by atoms with E-state index in [0.717, 1.165) is 6.07 Å². The van der Waals surface area contributed by atoms with Gasteiger partial charge in [-0.25, -0.2) is 4.98 Å². The van der Waals surface area contributed by atoms with Crippen LogP contribution >= 0.6 is 0 Å². The van der Waals surface area contributed by atoms with Gasteiger partial charge in [-0.2, -0.15) is 13.2 Å². The van der Waals surface area contributed by atoms with Gasteiger partial charge in [0, 0.05) is 6.07 Å². The minimum atomic E-state index is -4.75. The summed E-state index contributed by atoms with van der Waals surface area (Å²) in [6.07, 6.45) is -7.37. The third kappa shape index (κ3) is 3.45. The number of aliphatic hydroxyl groups is 1. The molecule has 1 aromatic heterocycles. The Morgan fingerprint density at radius 2 is 1.68 bits per heavy atom. The minimum Gasteiger partial charge on any atom is -0.439 e. The monoisotopic (exact) mass is 269 g/mol. The standard InChI is InChI=1S/C13H10F3NO2/c14-13(15,16)12(18)10-7-4-8-11(17-10)19-9-5-2-1-3-6-9/h1-8,12,18H/t12-/m1/s1. The van der Waals surface area contributed by atoms with Crippen molar-refractivity contribution in [1.82, 2.24) is 4.98 Å². The van der Waals surface area contributed by atoms with Gasteiger partial charge in [-0.1, -0.05) is 24.3 Å². The summed E-state index contributed by atoms with van der Waals surface area (Å²) in [5.41, 5.74) is -0.499. The van der Waals surface area contributed by atoms with Crippen molar-refractivity contribution >= 4 is 0 Å². The topological polar surface area (TPSA) is 42.4 Å². The molecule has 0 aliphatic rings. The molecule has 1 aromatic carbocycles. The Morgan fingerprint density at radius 1 is 1.00 bits per heavy atom. The number of rotatable bonds is 3. The van der Waals surface area contributed by atoms with E-state index in [-0.39, 0.29) is 5.88 Å². The molecule has 1 N–H and O–H groups in total. The smallest absolute Gasteiger partial charge is 0.420 e. The molecule has 0 saturated carbocycles. The Balaban J connectivity index is 2.20. The number of hydrogen-bond acceptors (Lipinski definition) is 3. The highest BCUT2D eigenvalue weighted by Crippen LogP contribution is 2.32. The molecule has 0 amide bonds. The van der Waals surface area contributed by atoms with Gasteiger partial charge in [0.05, 0.1) is 5.69 Å². The molecule has 0 fully saturated rings. The minimum absolute atomic E-state index is 0.00741. The lowest BCUT2D eigenvalue weighted by Crippen LogP contribution is -2.21. The van der Waals surface area contributed by atoms with E-state index in [9.17, 15) is 13.2 Å². The molecule has 0 saturated heterocycles. The molecular weight excluding hydrogens is 259 g/mol. The SMILES string of the molecule is O[C@H](c1cccc(Oc2ccccc2)n1)C(F)(F)F. The lowest BCUT2D eigenvalue weighted by Gasteiger charge is -2.14. The van der Waals surface area contributed by atoms with Crippen molar-refractivity contribution < 1.29 is 23.0 Å². The summed E-state index contributed by atoms with van der Waals surface area (Å²) in [4.78, 5) is 3.64. The normalized spacial score (nSPS) is 13.1. The third-order valence-electron chi connectivity index (χ3n) is 2.30. The molecule has 2 rings (SSSR count). The summed E-state index contributed by atoms with van der Waals surface area (Å²) in [5, 5.41) is 9.10. The zero-order valence-corrected chi connectivity index (χ0v) is 9.63. The van der Waals surface area contributed by atoms with Crippen LogP contribution in [-0.4, -0.2) is 16.3 Å². The van der Waals surface area contributed by atoms with E-state index in [2.05, 4.69) is 4.98 Å². The summed E-state index contributed by atoms with van der Waals surface area (Å²) in [6, 6.07) is 12.4. The average Bonchev–Trinajstić information content (AvgIpc) is 2.38. The number of halogens is 3. The Morgan fingerprint density at radius 3 is 2.32 bits per heavy atom. The van der Waals surface area contributed by atoms with Crippen molar-refractivity contribution in [2.24, 2.45) is 0 Å². The molecule has 6 heteroatoms. The molecule has 0 aliphatic heterocycles. The van der Waals surface area contributed by atoms with Crippen molar-refractivity contribution in [2.75, 3.05) is 0 Å². The molecule has 0 spiro atoms. The molecule has 19 heavy (non-hydrogen) atoms. The van der Waals surface area contributed by atoms with E-state index in [1.165, 1.54) is 12.1 Å². The zero-order chi connectivity index (χ0) is 13.9. The van der Waals surface area contributed by atoms with E-state index < -0.39 is 18.0 Å². The van der Waals surface area contributed by atoms with Crippen LogP contribution in [0.1, 0.15) is 11.8 Å². The molecule has 0 bridgehead atoms. The Labute approximate surface area is 107 Å². The molecule has 1 heterocycles. The van der Waals surface area contributed by atoms with Gasteiger partial charge in [-0.15, -0.1) is 0 Å². The van der Waals surface area contributed by atoms with E-state index in [0.29, 0.717) is 5.75 Å². The van der Waals surface area contributed by atoms with Gasteiger partial charge in [-0.05, 0) is 18.2 Å². The number of alkyl halides is 3. The van der Waals surface area contributed by atoms with Gasteiger partial charge in [0.1, 0.15) is 5.75 Å². The predicted molar refractivity (Wildman–Crippen MR) is 61.8 cm³/mol. The number of pyridine rings is 1. The second-order valence-corrected chi connectivity index (χ2v) is 3.76. The lowest BCUT2D eigenvalue weighted by molar-refractivity contribution is -0.208. The van der Waals surface area contributed by atoms with Crippen LogP contribution in [0.4, 0.5) is 13.2 Å². The molecule has 0 radical (unpaired) electrons. The number of benzene rings is 1. The summed E-state index contributed by atoms with van der Waals surface area (Å²) < 4.78 is 42.4. The first-order valence-corrected chi connectivity index (χ1v) is 5.41. The average molecular weight is 269 g/mol. The second kappa shape index (κ2) is 5.27. The highest BCUT2D eigenvalue weighted by Gasteiger charge is 2.40. The molecular formula is C13H10F3NO2. The number of ether oxygens (including phenoxy) is 1. The van der Waals surface area contributed by atoms with Gasteiger partial charge in [-0.3, -0.25) is 0 Å². The number of para-hydroxylation sites is 1. The number of aliphatic hydroxyl groups excluding tert-OH is 1. The first-order chi connectivity index (χ1) is 8.97. The van der Waals surface area contributed by atoms with Crippen LogP contribution in [0.25, 0.3) is 0 Å². The fraction of sp³-hybridized carbons (Fsp3) is 0.154. The van der Waals surface area contributed by atoms with Crippen LogP contribution in [0.3, 0.4) is 0 Å². The van der Waals surface area contributed by atoms with Gasteiger partial charge in [0.25, 0.3) is 0 Å². The predicted octanol–water partition coefficient (Wildman–Crippen LogP) is 3.47. The Hall–Kier alpha value is -2.08. The highest BCUT2D eigenvalue weighted by atomic mass is 19.4. The largest absolute Gasteiger partial charge is 0.439 e. The summed E-state index contributed by atoms with van der Waals surface area (Å²) in [6.45, 7) is 0. The van der Waals surface area contributed by atoms with Crippen molar-refractivity contribution in [3.05, 3.63) is 54.2 Å². The molecule has 0 unspecified atom stereocenters. The summed E-state index contributed by atoms with van der Waals surface area (Å²) in [7, 11) is 0. The molecule has 3 nitrogen and oxygen atoms in total. The summed E-state index contributed by atoms with van der Waals surface area (Å²) >= 11 is 0. The van der Waals surface area contributed by atoms with E-state index in [1.807, 2.05) is 0 Å². The molecule has 1 atom stereocenters. The number of hydrogen-bond donors (Lipinski definition) is 1. The van der Waals surface area contributed by atoms with Gasteiger partial charge < -0.3 is 9.84 Å². The first-order valence-electron chi connectivity index (χ1n) is 5.41. The van der Waals surface area contributed by atoms with Crippen molar-refractivity contribution in [2.45, 2.75) is 12.3 Å². The maximum absolute atomic E-state index is 12.4. The lowest BCUT2D eigenvalue weighted by atomic mass is 10.2. The first kappa shape index (κ1) is 13.4. The fourth-order valence-electron chi connectivity index (χ4n) is 1.42. The van der Waals surface area contributed by atoms with Crippen molar-refractivity contribution in [1.29, 1.82) is 0 Å². The second-order valence-electron chi connectivity index (χ2n) is 3.76. The van der Waals surface area contributed by atoms with Crippen LogP contribution in [0.5, 0.6) is 11.6 Å². The summed E-state index contributed by atoms with van der Waals surface area (Å²) in [5.74, 6) is 0.445. The van der Waals surface area contributed by atoms with Crippen molar-refractivity contribution in [3.63, 3.8) is 0 Å². The van der Waals surface area contributed by atoms with Crippen molar-refractivity contribution in [3.8, 4) is 11.6 Å². The number of nitrogens with zero attached hydrogens (tertiary/aromatic N) is 1. The molecule has 0 aliphatic carbocycles. The highest BCUT2D eigenvalue weighted by molar-refractivity contribution is 5.27. The van der Waals surface area contributed by atoms with E-state index in [1.54, 1.807) is 30.3 Å². The molecule has 100 valence electrons. The maximum Gasteiger partial charge on any atom is 0.420 e. The van der Waals surface area contributed by atoms with Gasteiger partial charge >= 0.3 is 6.18 Å². The Bertz CT molecular complexity index is 543. The van der Waals surface area contributed by atoms with E-state index >= 15 is 0 Å². The third-order valence-corrected chi connectivity index (χ3v) is 2.30. The van der Waals surface area contributed by atoms with E-state index in [4.69, 9.17) is 9.84 Å².